The van der Waals surface area contributed by atoms with Gasteiger partial charge in [0.15, 0.2) is 0 Å². The number of ether oxygens (including phenoxy) is 1. The second-order valence-electron chi connectivity index (χ2n) is 3.38. The van der Waals surface area contributed by atoms with Crippen molar-refractivity contribution in [1.82, 2.24) is 4.98 Å². The number of aryl methyl sites for hydroxylation is 2. The van der Waals surface area contributed by atoms with Gasteiger partial charge in [-0.3, -0.25) is 0 Å². The van der Waals surface area contributed by atoms with Crippen LogP contribution in [0.25, 0.3) is 0 Å². The number of hydrogen-bond acceptors (Lipinski definition) is 3. The molecule has 14 heavy (non-hydrogen) atoms. The molecule has 74 valence electrons. The third-order valence-electron chi connectivity index (χ3n) is 2.41. The molecule has 1 aliphatic rings. The molecule has 0 saturated heterocycles. The second-order valence-corrected chi connectivity index (χ2v) is 3.38. The summed E-state index contributed by atoms with van der Waals surface area (Å²) < 4.78 is 4.89. The molecule has 0 aromatic carbocycles. The van der Waals surface area contributed by atoms with Gasteiger partial charge in [-0.1, -0.05) is 6.07 Å². The number of pyridine rings is 1. The highest BCUT2D eigenvalue weighted by atomic mass is 16.5. The van der Waals surface area contributed by atoms with Crippen LogP contribution in [0, 0.1) is 0 Å². The highest BCUT2D eigenvalue weighted by Gasteiger charge is 2.15. The van der Waals surface area contributed by atoms with Gasteiger partial charge < -0.3 is 4.74 Å². The first-order chi connectivity index (χ1) is 6.81. The summed E-state index contributed by atoms with van der Waals surface area (Å²) in [6.07, 6.45) is 3.22. The Kier molecular flexibility index (Phi) is 2.48. The summed E-state index contributed by atoms with van der Waals surface area (Å²) in [4.78, 5) is 15.7. The topological polar surface area (TPSA) is 39.2 Å². The van der Waals surface area contributed by atoms with Crippen molar-refractivity contribution in [2.75, 3.05) is 6.61 Å². The van der Waals surface area contributed by atoms with E-state index in [1.165, 1.54) is 5.56 Å². The standard InChI is InChI=1S/C11H13NO2/c1-2-14-11(13)10-7-6-8-4-3-5-9(8)12-10/h6-7H,2-5H2,1H3. The molecular formula is C11H13NO2. The van der Waals surface area contributed by atoms with Crippen LogP contribution in [0.1, 0.15) is 35.1 Å². The zero-order valence-corrected chi connectivity index (χ0v) is 8.25. The predicted molar refractivity (Wildman–Crippen MR) is 52.2 cm³/mol. The summed E-state index contributed by atoms with van der Waals surface area (Å²) in [5, 5.41) is 0. The van der Waals surface area contributed by atoms with Crippen LogP contribution >= 0.6 is 0 Å². The van der Waals surface area contributed by atoms with E-state index in [1.807, 2.05) is 6.07 Å². The van der Waals surface area contributed by atoms with Gasteiger partial charge in [-0.2, -0.15) is 0 Å². The molecule has 0 N–H and O–H groups in total. The summed E-state index contributed by atoms with van der Waals surface area (Å²) in [5.41, 5.74) is 2.78. The Morgan fingerprint density at radius 3 is 3.14 bits per heavy atom. The van der Waals surface area contributed by atoms with Gasteiger partial charge in [0.25, 0.3) is 0 Å². The molecule has 1 aliphatic carbocycles. The molecule has 0 saturated carbocycles. The molecule has 0 fully saturated rings. The summed E-state index contributed by atoms with van der Waals surface area (Å²) in [5.74, 6) is -0.317. The van der Waals surface area contributed by atoms with Crippen LogP contribution < -0.4 is 0 Å². The highest BCUT2D eigenvalue weighted by molar-refractivity contribution is 5.87. The number of aromatic nitrogens is 1. The Labute approximate surface area is 83.1 Å². The molecule has 0 amide bonds. The van der Waals surface area contributed by atoms with Crippen LogP contribution in [-0.4, -0.2) is 17.6 Å². The first-order valence-corrected chi connectivity index (χ1v) is 4.97. The zero-order valence-electron chi connectivity index (χ0n) is 8.25. The Morgan fingerprint density at radius 2 is 2.36 bits per heavy atom. The third kappa shape index (κ3) is 1.62. The number of fused-ring (bicyclic) bond motifs is 1. The molecule has 1 aromatic heterocycles. The molecule has 3 heteroatoms. The number of carbonyl (C=O) groups is 1. The van der Waals surface area contributed by atoms with E-state index in [-0.39, 0.29) is 5.97 Å². The maximum atomic E-state index is 11.4. The maximum Gasteiger partial charge on any atom is 0.356 e. The summed E-state index contributed by atoms with van der Waals surface area (Å²) in [7, 11) is 0. The van der Waals surface area contributed by atoms with Crippen LogP contribution in [0.2, 0.25) is 0 Å². The average molecular weight is 191 g/mol. The predicted octanol–water partition coefficient (Wildman–Crippen LogP) is 1.75. The van der Waals surface area contributed by atoms with Crippen LogP contribution in [0.3, 0.4) is 0 Å². The van der Waals surface area contributed by atoms with Gasteiger partial charge in [-0.25, -0.2) is 9.78 Å². The quantitative estimate of drug-likeness (QED) is 0.668. The third-order valence-corrected chi connectivity index (χ3v) is 2.41. The summed E-state index contributed by atoms with van der Waals surface area (Å²) in [6.45, 7) is 2.20. The number of hydrogen-bond donors (Lipinski definition) is 0. The van der Waals surface area contributed by atoms with Crippen LogP contribution in [0.4, 0.5) is 0 Å². The van der Waals surface area contributed by atoms with Crippen LogP contribution in [0.5, 0.6) is 0 Å². The number of rotatable bonds is 2. The first kappa shape index (κ1) is 9.19. The van der Waals surface area contributed by atoms with Gasteiger partial charge in [0.2, 0.25) is 0 Å². The van der Waals surface area contributed by atoms with Crippen molar-refractivity contribution < 1.29 is 9.53 Å². The molecule has 0 aliphatic heterocycles. The van der Waals surface area contributed by atoms with E-state index < -0.39 is 0 Å². The van der Waals surface area contributed by atoms with Crippen molar-refractivity contribution in [3.8, 4) is 0 Å². The lowest BCUT2D eigenvalue weighted by Gasteiger charge is -2.03. The van der Waals surface area contributed by atoms with Crippen molar-refractivity contribution in [1.29, 1.82) is 0 Å². The number of nitrogens with zero attached hydrogens (tertiary/aromatic N) is 1. The van der Waals surface area contributed by atoms with E-state index in [1.54, 1.807) is 13.0 Å². The van der Waals surface area contributed by atoms with E-state index in [0.29, 0.717) is 12.3 Å². The monoisotopic (exact) mass is 191 g/mol. The van der Waals surface area contributed by atoms with Gasteiger partial charge in [-0.15, -0.1) is 0 Å². The fourth-order valence-electron chi connectivity index (χ4n) is 1.74. The molecule has 2 rings (SSSR count). The Hall–Kier alpha value is -1.38. The Bertz CT molecular complexity index is 360. The minimum atomic E-state index is -0.317. The molecule has 0 radical (unpaired) electrons. The van der Waals surface area contributed by atoms with Crippen molar-refractivity contribution in [2.45, 2.75) is 26.2 Å². The first-order valence-electron chi connectivity index (χ1n) is 4.97. The zero-order chi connectivity index (χ0) is 9.97. The highest BCUT2D eigenvalue weighted by Crippen LogP contribution is 2.19. The Balaban J connectivity index is 2.24. The summed E-state index contributed by atoms with van der Waals surface area (Å²) in [6, 6.07) is 3.74. The maximum absolute atomic E-state index is 11.4. The normalized spacial score (nSPS) is 13.8. The van der Waals surface area contributed by atoms with Crippen molar-refractivity contribution in [2.24, 2.45) is 0 Å². The van der Waals surface area contributed by atoms with E-state index >= 15 is 0 Å². The molecule has 1 aromatic rings. The van der Waals surface area contributed by atoms with Crippen LogP contribution in [0.15, 0.2) is 12.1 Å². The molecule has 1 heterocycles. The van der Waals surface area contributed by atoms with E-state index in [4.69, 9.17) is 4.74 Å². The summed E-state index contributed by atoms with van der Waals surface area (Å²) >= 11 is 0. The number of carbonyl (C=O) groups excluding carboxylic acids is 1. The van der Waals surface area contributed by atoms with Crippen molar-refractivity contribution >= 4 is 5.97 Å². The van der Waals surface area contributed by atoms with Gasteiger partial charge in [0.05, 0.1) is 6.61 Å². The number of esters is 1. The molecule has 0 atom stereocenters. The Morgan fingerprint density at radius 1 is 1.50 bits per heavy atom. The largest absolute Gasteiger partial charge is 0.461 e. The molecule has 3 nitrogen and oxygen atoms in total. The fourth-order valence-corrected chi connectivity index (χ4v) is 1.74. The van der Waals surface area contributed by atoms with Gasteiger partial charge in [0, 0.05) is 5.69 Å². The molecule has 0 bridgehead atoms. The molecule has 0 spiro atoms. The van der Waals surface area contributed by atoms with Gasteiger partial charge in [-0.05, 0) is 37.8 Å². The molecule has 0 unspecified atom stereocenters. The lowest BCUT2D eigenvalue weighted by molar-refractivity contribution is 0.0519. The van der Waals surface area contributed by atoms with Crippen molar-refractivity contribution in [3.63, 3.8) is 0 Å². The minimum Gasteiger partial charge on any atom is -0.461 e. The van der Waals surface area contributed by atoms with E-state index in [9.17, 15) is 4.79 Å². The van der Waals surface area contributed by atoms with Crippen LogP contribution in [-0.2, 0) is 17.6 Å². The van der Waals surface area contributed by atoms with E-state index in [2.05, 4.69) is 4.98 Å². The van der Waals surface area contributed by atoms with Gasteiger partial charge in [0.1, 0.15) is 5.69 Å². The average Bonchev–Trinajstić information content (AvgIpc) is 2.64. The smallest absolute Gasteiger partial charge is 0.356 e. The lowest BCUT2D eigenvalue weighted by Crippen LogP contribution is -2.08. The van der Waals surface area contributed by atoms with Gasteiger partial charge >= 0.3 is 5.97 Å². The SMILES string of the molecule is CCOC(=O)c1ccc2c(n1)CCC2. The fraction of sp³-hybridized carbons (Fsp3) is 0.455. The molecular weight excluding hydrogens is 178 g/mol. The van der Waals surface area contributed by atoms with E-state index in [0.717, 1.165) is 25.0 Å². The second kappa shape index (κ2) is 3.78. The lowest BCUT2D eigenvalue weighted by atomic mass is 10.2. The minimum absolute atomic E-state index is 0.317. The van der Waals surface area contributed by atoms with Crippen molar-refractivity contribution in [3.05, 3.63) is 29.1 Å².